The van der Waals surface area contributed by atoms with Crippen LogP contribution in [0.5, 0.6) is 0 Å². The van der Waals surface area contributed by atoms with Crippen molar-refractivity contribution in [3.8, 4) is 0 Å². The highest BCUT2D eigenvalue weighted by molar-refractivity contribution is 5.80. The zero-order chi connectivity index (χ0) is 27.6. The van der Waals surface area contributed by atoms with Gasteiger partial charge in [0.15, 0.2) is 0 Å². The van der Waals surface area contributed by atoms with E-state index < -0.39 is 23.3 Å². The van der Waals surface area contributed by atoms with Crippen molar-refractivity contribution in [2.75, 3.05) is 32.7 Å². The average molecular weight is 523 g/mol. The number of rotatable bonds is 10. The number of amides is 3. The molecule has 0 saturated carbocycles. The van der Waals surface area contributed by atoms with Crippen molar-refractivity contribution in [2.45, 2.75) is 104 Å². The molecule has 11 heteroatoms. The van der Waals surface area contributed by atoms with Crippen molar-refractivity contribution in [1.29, 1.82) is 0 Å². The number of alkyl carbamates (subject to hydrolysis) is 1. The molecule has 1 saturated heterocycles. The number of carbonyl (C=O) groups is 3. The van der Waals surface area contributed by atoms with Crippen LogP contribution < -0.4 is 5.32 Å². The van der Waals surface area contributed by atoms with Crippen LogP contribution in [0.15, 0.2) is 6.20 Å². The summed E-state index contributed by atoms with van der Waals surface area (Å²) >= 11 is 0. The van der Waals surface area contributed by atoms with Crippen molar-refractivity contribution >= 4 is 18.1 Å². The second-order valence-electron chi connectivity index (χ2n) is 11.5. The molecule has 1 aliphatic rings. The summed E-state index contributed by atoms with van der Waals surface area (Å²) in [5.41, 5.74) is -0.228. The van der Waals surface area contributed by atoms with Gasteiger partial charge in [-0.1, -0.05) is 18.6 Å². The molecule has 1 fully saturated rings. The van der Waals surface area contributed by atoms with Gasteiger partial charge >= 0.3 is 12.2 Å². The monoisotopic (exact) mass is 522 g/mol. The van der Waals surface area contributed by atoms with Gasteiger partial charge in [-0.25, -0.2) is 14.3 Å². The van der Waals surface area contributed by atoms with Gasteiger partial charge in [0.1, 0.15) is 17.2 Å². The third-order valence-electron chi connectivity index (χ3n) is 5.76. The Hall–Kier alpha value is -2.85. The van der Waals surface area contributed by atoms with Gasteiger partial charge in [0.2, 0.25) is 5.91 Å². The van der Waals surface area contributed by atoms with Crippen LogP contribution >= 0.6 is 0 Å². The van der Waals surface area contributed by atoms with Crippen LogP contribution in [0, 0.1) is 0 Å². The quantitative estimate of drug-likeness (QED) is 0.462. The van der Waals surface area contributed by atoms with E-state index in [0.29, 0.717) is 52.0 Å². The average Bonchev–Trinajstić information content (AvgIpc) is 3.26. The van der Waals surface area contributed by atoms with E-state index in [1.807, 2.05) is 47.7 Å². The number of carbonyl (C=O) groups excluding carboxylic acids is 3. The molecule has 2 rings (SSSR count). The van der Waals surface area contributed by atoms with Crippen LogP contribution in [-0.2, 0) is 20.7 Å². The highest BCUT2D eigenvalue weighted by atomic mass is 16.6. The Morgan fingerprint density at radius 1 is 0.946 bits per heavy atom. The Labute approximate surface area is 221 Å². The fraction of sp³-hybridized carbons (Fsp3) is 0.808. The smallest absolute Gasteiger partial charge is 0.410 e. The lowest BCUT2D eigenvalue weighted by Gasteiger charge is -2.37. The molecule has 3 amide bonds. The molecule has 0 aromatic carbocycles. The molecule has 0 spiro atoms. The Morgan fingerprint density at radius 2 is 1.57 bits per heavy atom. The molecule has 0 radical (unpaired) electrons. The second-order valence-corrected chi connectivity index (χ2v) is 11.5. The molecule has 0 bridgehead atoms. The summed E-state index contributed by atoms with van der Waals surface area (Å²) in [5, 5.41) is 11.3. The minimum Gasteiger partial charge on any atom is -0.444 e. The SMILES string of the molecule is CCCCc1cn([C@@H](CCCCNC(=O)OC(C)(C)C)C(=O)N2CCN(C(=O)OC(C)(C)C)CC2)nn1. The number of hydrogen-bond acceptors (Lipinski definition) is 7. The maximum absolute atomic E-state index is 13.6. The summed E-state index contributed by atoms with van der Waals surface area (Å²) in [6, 6.07) is -0.488. The predicted molar refractivity (Wildman–Crippen MR) is 140 cm³/mol. The van der Waals surface area contributed by atoms with E-state index in [0.717, 1.165) is 25.0 Å². The van der Waals surface area contributed by atoms with E-state index >= 15 is 0 Å². The van der Waals surface area contributed by atoms with Gasteiger partial charge < -0.3 is 24.6 Å². The molecule has 1 aromatic heterocycles. The number of aryl methyl sites for hydroxylation is 1. The van der Waals surface area contributed by atoms with Crippen LogP contribution in [0.2, 0.25) is 0 Å². The molecule has 1 aliphatic heterocycles. The van der Waals surface area contributed by atoms with Crippen LogP contribution in [0.4, 0.5) is 9.59 Å². The third-order valence-corrected chi connectivity index (χ3v) is 5.76. The van der Waals surface area contributed by atoms with Crippen molar-refractivity contribution in [3.63, 3.8) is 0 Å². The van der Waals surface area contributed by atoms with Gasteiger partial charge in [-0.05, 0) is 73.6 Å². The number of hydrogen-bond donors (Lipinski definition) is 1. The lowest BCUT2D eigenvalue weighted by molar-refractivity contribution is -0.137. The molecular weight excluding hydrogens is 476 g/mol. The van der Waals surface area contributed by atoms with E-state index in [1.165, 1.54) is 0 Å². The first kappa shape index (κ1) is 30.4. The van der Waals surface area contributed by atoms with Gasteiger partial charge in [-0.2, -0.15) is 0 Å². The van der Waals surface area contributed by atoms with Crippen LogP contribution in [0.3, 0.4) is 0 Å². The van der Waals surface area contributed by atoms with Gasteiger partial charge in [-0.15, -0.1) is 5.10 Å². The maximum Gasteiger partial charge on any atom is 0.410 e. The number of nitrogens with zero attached hydrogens (tertiary/aromatic N) is 5. The molecule has 0 unspecified atom stereocenters. The largest absolute Gasteiger partial charge is 0.444 e. The van der Waals surface area contributed by atoms with Gasteiger partial charge in [0, 0.05) is 38.9 Å². The highest BCUT2D eigenvalue weighted by Gasteiger charge is 2.32. The van der Waals surface area contributed by atoms with Crippen molar-refractivity contribution in [2.24, 2.45) is 0 Å². The summed E-state index contributed by atoms with van der Waals surface area (Å²) in [7, 11) is 0. The summed E-state index contributed by atoms with van der Waals surface area (Å²) < 4.78 is 12.4. The number of aromatic nitrogens is 3. The van der Waals surface area contributed by atoms with Crippen LogP contribution in [-0.4, -0.2) is 86.8 Å². The van der Waals surface area contributed by atoms with Gasteiger partial charge in [0.05, 0.1) is 5.69 Å². The molecule has 210 valence electrons. The van der Waals surface area contributed by atoms with Crippen LogP contribution in [0.25, 0.3) is 0 Å². The first-order valence-corrected chi connectivity index (χ1v) is 13.4. The first-order valence-electron chi connectivity index (χ1n) is 13.4. The Morgan fingerprint density at radius 3 is 2.16 bits per heavy atom. The standard InChI is InChI=1S/C26H46N6O5/c1-8-9-12-20-19-32(29-28-20)21(13-10-11-14-27-23(34)36-25(2,3)4)22(33)30-15-17-31(18-16-30)24(35)37-26(5,6)7/h19,21H,8-18H2,1-7H3,(H,27,34)/t21-/m0/s1. The molecule has 2 heterocycles. The number of piperazine rings is 1. The van der Waals surface area contributed by atoms with Crippen molar-refractivity contribution < 1.29 is 23.9 Å². The van der Waals surface area contributed by atoms with Crippen molar-refractivity contribution in [1.82, 2.24) is 30.1 Å². The summed E-state index contributed by atoms with van der Waals surface area (Å²) in [5.74, 6) is -0.0316. The molecule has 37 heavy (non-hydrogen) atoms. The van der Waals surface area contributed by atoms with E-state index in [9.17, 15) is 14.4 Å². The molecule has 11 nitrogen and oxygen atoms in total. The fourth-order valence-electron chi connectivity index (χ4n) is 3.92. The minimum absolute atomic E-state index is 0.0316. The summed E-state index contributed by atoms with van der Waals surface area (Å²) in [6.07, 6.45) is 5.95. The zero-order valence-electron chi connectivity index (χ0n) is 23.7. The third kappa shape index (κ3) is 11.0. The normalized spacial score (nSPS) is 15.3. The molecular formula is C26H46N6O5. The number of ether oxygens (including phenoxy) is 2. The number of unbranched alkanes of at least 4 members (excludes halogenated alkanes) is 2. The highest BCUT2D eigenvalue weighted by Crippen LogP contribution is 2.20. The Bertz CT molecular complexity index is 881. The maximum atomic E-state index is 13.6. The van der Waals surface area contributed by atoms with E-state index in [4.69, 9.17) is 9.47 Å². The van der Waals surface area contributed by atoms with E-state index in [-0.39, 0.29) is 12.0 Å². The first-order chi connectivity index (χ1) is 17.3. The minimum atomic E-state index is -0.559. The second kappa shape index (κ2) is 13.6. The number of nitrogens with one attached hydrogen (secondary N) is 1. The zero-order valence-corrected chi connectivity index (χ0v) is 23.7. The summed E-state index contributed by atoms with van der Waals surface area (Å²) in [6.45, 7) is 15.3. The van der Waals surface area contributed by atoms with Gasteiger partial charge in [-0.3, -0.25) is 4.79 Å². The molecule has 0 aliphatic carbocycles. The van der Waals surface area contributed by atoms with E-state index in [1.54, 1.807) is 14.5 Å². The fourth-order valence-corrected chi connectivity index (χ4v) is 3.92. The van der Waals surface area contributed by atoms with Crippen LogP contribution in [0.1, 0.15) is 92.3 Å². The van der Waals surface area contributed by atoms with Crippen molar-refractivity contribution in [3.05, 3.63) is 11.9 Å². The molecule has 1 N–H and O–H groups in total. The predicted octanol–water partition coefficient (Wildman–Crippen LogP) is 3.94. The lowest BCUT2D eigenvalue weighted by atomic mass is 10.1. The van der Waals surface area contributed by atoms with Gasteiger partial charge in [0.25, 0.3) is 0 Å². The summed E-state index contributed by atoms with van der Waals surface area (Å²) in [4.78, 5) is 41.3. The lowest BCUT2D eigenvalue weighted by Crippen LogP contribution is -2.53. The Kier molecular flexibility index (Phi) is 11.2. The Balaban J connectivity index is 1.96. The molecule has 1 atom stereocenters. The topological polar surface area (TPSA) is 119 Å². The van der Waals surface area contributed by atoms with E-state index in [2.05, 4.69) is 22.6 Å². The molecule has 1 aromatic rings.